The van der Waals surface area contributed by atoms with E-state index in [4.69, 9.17) is 10.5 Å². The third kappa shape index (κ3) is 3.90. The Morgan fingerprint density at radius 1 is 1.12 bits per heavy atom. The fourth-order valence-electron chi connectivity index (χ4n) is 1.84. The summed E-state index contributed by atoms with van der Waals surface area (Å²) in [6, 6.07) is 12.5. The summed E-state index contributed by atoms with van der Waals surface area (Å²) in [6.45, 7) is 0. The van der Waals surface area contributed by atoms with Gasteiger partial charge in [0.2, 0.25) is 11.8 Å². The van der Waals surface area contributed by atoms with Crippen molar-refractivity contribution in [2.45, 2.75) is 0 Å². The minimum Gasteiger partial charge on any atom is -0.312 e. The number of anilines is 1. The number of amidine groups is 1. The highest BCUT2D eigenvalue weighted by atomic mass is 15.4. The molecule has 0 spiro atoms. The first-order valence-corrected chi connectivity index (χ1v) is 7.27. The van der Waals surface area contributed by atoms with Crippen molar-refractivity contribution in [3.8, 4) is 12.1 Å². The first kappa shape index (κ1) is 16.4. The molecule has 3 aromatic rings. The molecular weight excluding hydrogens is 332 g/mol. The molecule has 3 aromatic heterocycles. The maximum Gasteiger partial charge on any atom is 0.249 e. The smallest absolute Gasteiger partial charge is 0.249 e. The molecule has 0 aliphatic rings. The summed E-state index contributed by atoms with van der Waals surface area (Å²) in [6.07, 6.45) is 4.82. The number of hydrogen-bond acceptors (Lipinski definition) is 8. The molecule has 0 fully saturated rings. The lowest BCUT2D eigenvalue weighted by Gasteiger charge is -2.01. The lowest BCUT2D eigenvalue weighted by molar-refractivity contribution is 1.12. The van der Waals surface area contributed by atoms with Crippen molar-refractivity contribution in [1.82, 2.24) is 19.9 Å². The van der Waals surface area contributed by atoms with Crippen molar-refractivity contribution in [1.29, 1.82) is 10.5 Å². The molecule has 0 unspecified atom stereocenters. The van der Waals surface area contributed by atoms with Crippen molar-refractivity contribution >= 4 is 17.6 Å². The van der Waals surface area contributed by atoms with Crippen LogP contribution in [0.15, 0.2) is 64.3 Å². The lowest BCUT2D eigenvalue weighted by Crippen LogP contribution is -2.02. The number of imidazole rings is 1. The topological polar surface area (TPSA) is 151 Å². The summed E-state index contributed by atoms with van der Waals surface area (Å²) in [4.78, 5) is 14.6. The van der Waals surface area contributed by atoms with Crippen LogP contribution in [0.1, 0.15) is 17.0 Å². The van der Waals surface area contributed by atoms with E-state index < -0.39 is 0 Å². The van der Waals surface area contributed by atoms with Crippen molar-refractivity contribution in [2.75, 3.05) is 5.43 Å². The Labute approximate surface area is 147 Å². The van der Waals surface area contributed by atoms with Gasteiger partial charge >= 0.3 is 0 Å². The van der Waals surface area contributed by atoms with E-state index in [1.165, 1.54) is 0 Å². The molecule has 0 aliphatic heterocycles. The standard InChI is InChI=1S/C16H10N10/c17-8-12-13(9-18)22-16(21-12)26-25-15(11-4-3-6-19-10-11)24-23-14-5-1-2-7-20-14/h1-7,10H,(H,20,23)(H,21,22). The van der Waals surface area contributed by atoms with Crippen LogP contribution in [0.25, 0.3) is 0 Å². The van der Waals surface area contributed by atoms with Gasteiger partial charge in [-0.05, 0) is 24.3 Å². The molecule has 0 atom stereocenters. The monoisotopic (exact) mass is 342 g/mol. The number of nitrogens with zero attached hydrogens (tertiary/aromatic N) is 8. The van der Waals surface area contributed by atoms with Crippen LogP contribution in [0, 0.1) is 22.7 Å². The number of pyridine rings is 2. The molecule has 2 N–H and O–H groups in total. The van der Waals surface area contributed by atoms with E-state index in [1.807, 2.05) is 12.1 Å². The van der Waals surface area contributed by atoms with Gasteiger partial charge in [-0.1, -0.05) is 6.07 Å². The third-order valence-electron chi connectivity index (χ3n) is 3.01. The number of nitrogens with one attached hydrogen (secondary N) is 2. The average Bonchev–Trinajstić information content (AvgIpc) is 3.12. The molecule has 0 saturated heterocycles. The van der Waals surface area contributed by atoms with E-state index in [-0.39, 0.29) is 23.2 Å². The second kappa shape index (κ2) is 7.90. The number of aromatic nitrogens is 4. The van der Waals surface area contributed by atoms with Gasteiger partial charge in [0.15, 0.2) is 11.4 Å². The van der Waals surface area contributed by atoms with E-state index in [0.717, 1.165) is 0 Å². The Balaban J connectivity index is 1.90. The summed E-state index contributed by atoms with van der Waals surface area (Å²) in [7, 11) is 0. The zero-order valence-corrected chi connectivity index (χ0v) is 13.2. The fourth-order valence-corrected chi connectivity index (χ4v) is 1.84. The van der Waals surface area contributed by atoms with Gasteiger partial charge in [0.25, 0.3) is 0 Å². The Bertz CT molecular complexity index is 991. The van der Waals surface area contributed by atoms with Gasteiger partial charge in [0, 0.05) is 24.2 Å². The minimum absolute atomic E-state index is 0.0209. The molecule has 0 radical (unpaired) electrons. The molecule has 124 valence electrons. The largest absolute Gasteiger partial charge is 0.312 e. The molecule has 10 nitrogen and oxygen atoms in total. The number of aromatic amines is 1. The number of rotatable bonds is 4. The van der Waals surface area contributed by atoms with Crippen LogP contribution in [0.4, 0.5) is 11.8 Å². The van der Waals surface area contributed by atoms with Crippen molar-refractivity contribution in [3.63, 3.8) is 0 Å². The number of azo groups is 1. The molecule has 0 saturated carbocycles. The SMILES string of the molecule is N#Cc1nc(N=NC(=NNc2ccccn2)c2cccnc2)[nH]c1C#N. The van der Waals surface area contributed by atoms with Crippen LogP contribution < -0.4 is 5.43 Å². The van der Waals surface area contributed by atoms with Crippen LogP contribution in [-0.2, 0) is 0 Å². The quantitative estimate of drug-likeness (QED) is 0.321. The second-order valence-corrected chi connectivity index (χ2v) is 4.71. The number of nitriles is 2. The maximum absolute atomic E-state index is 8.93. The zero-order chi connectivity index (χ0) is 18.2. The third-order valence-corrected chi connectivity index (χ3v) is 3.01. The van der Waals surface area contributed by atoms with Crippen LogP contribution in [0.2, 0.25) is 0 Å². The van der Waals surface area contributed by atoms with Gasteiger partial charge in [-0.15, -0.1) is 10.2 Å². The second-order valence-electron chi connectivity index (χ2n) is 4.71. The Morgan fingerprint density at radius 3 is 2.69 bits per heavy atom. The van der Waals surface area contributed by atoms with Crippen LogP contribution in [0.3, 0.4) is 0 Å². The highest BCUT2D eigenvalue weighted by Crippen LogP contribution is 2.13. The highest BCUT2D eigenvalue weighted by molar-refractivity contribution is 5.99. The first-order chi connectivity index (χ1) is 12.8. The van der Waals surface area contributed by atoms with Crippen LogP contribution in [-0.4, -0.2) is 25.8 Å². The number of hydrogen-bond donors (Lipinski definition) is 2. The summed E-state index contributed by atoms with van der Waals surface area (Å²) in [5, 5.41) is 30.0. The van der Waals surface area contributed by atoms with Gasteiger partial charge < -0.3 is 4.98 Å². The molecule has 0 aliphatic carbocycles. The Hall–Kier alpha value is -4.44. The van der Waals surface area contributed by atoms with Crippen molar-refractivity contribution in [2.24, 2.45) is 15.3 Å². The van der Waals surface area contributed by atoms with E-state index in [9.17, 15) is 0 Å². The summed E-state index contributed by atoms with van der Waals surface area (Å²) in [5.41, 5.74) is 3.36. The van der Waals surface area contributed by atoms with Crippen LogP contribution >= 0.6 is 0 Å². The van der Waals surface area contributed by atoms with E-state index >= 15 is 0 Å². The van der Waals surface area contributed by atoms with Gasteiger partial charge in [-0.3, -0.25) is 10.4 Å². The van der Waals surface area contributed by atoms with Gasteiger partial charge in [0.1, 0.15) is 18.0 Å². The zero-order valence-electron chi connectivity index (χ0n) is 13.2. The average molecular weight is 342 g/mol. The van der Waals surface area contributed by atoms with Crippen LogP contribution in [0.5, 0.6) is 0 Å². The van der Waals surface area contributed by atoms with Crippen molar-refractivity contribution in [3.05, 3.63) is 65.9 Å². The lowest BCUT2D eigenvalue weighted by atomic mass is 10.3. The fraction of sp³-hybridized carbons (Fsp3) is 0. The predicted molar refractivity (Wildman–Crippen MR) is 91.2 cm³/mol. The van der Waals surface area contributed by atoms with Gasteiger partial charge in [-0.2, -0.15) is 20.6 Å². The van der Waals surface area contributed by atoms with E-state index in [1.54, 1.807) is 48.9 Å². The molecule has 3 rings (SSSR count). The summed E-state index contributed by atoms with van der Waals surface area (Å²) in [5.74, 6) is 0.769. The molecule has 0 amide bonds. The van der Waals surface area contributed by atoms with E-state index in [2.05, 4.69) is 40.7 Å². The predicted octanol–water partition coefficient (Wildman–Crippen LogP) is 2.50. The molecular formula is C16H10N10. The van der Waals surface area contributed by atoms with E-state index in [0.29, 0.717) is 11.4 Å². The van der Waals surface area contributed by atoms with Crippen molar-refractivity contribution < 1.29 is 0 Å². The molecule has 10 heteroatoms. The maximum atomic E-state index is 8.93. The number of hydrazone groups is 1. The van der Waals surface area contributed by atoms with Gasteiger partial charge in [-0.25, -0.2) is 4.98 Å². The first-order valence-electron chi connectivity index (χ1n) is 7.27. The molecule has 0 bridgehead atoms. The Kier molecular flexibility index (Phi) is 4.99. The highest BCUT2D eigenvalue weighted by Gasteiger charge is 2.09. The Morgan fingerprint density at radius 2 is 2.04 bits per heavy atom. The number of H-pyrrole nitrogens is 1. The molecule has 0 aromatic carbocycles. The minimum atomic E-state index is -0.0482. The normalized spacial score (nSPS) is 11.1. The molecule has 3 heterocycles. The van der Waals surface area contributed by atoms with Gasteiger partial charge in [0.05, 0.1) is 0 Å². The summed E-state index contributed by atoms with van der Waals surface area (Å²) >= 11 is 0. The summed E-state index contributed by atoms with van der Waals surface area (Å²) < 4.78 is 0. The molecule has 26 heavy (non-hydrogen) atoms.